The Labute approximate surface area is 363 Å². The van der Waals surface area contributed by atoms with Crippen molar-refractivity contribution >= 4 is 24.0 Å². The highest BCUT2D eigenvalue weighted by molar-refractivity contribution is 5.88. The zero-order valence-electron chi connectivity index (χ0n) is 36.8. The predicted molar refractivity (Wildman–Crippen MR) is 234 cm³/mol. The molecular weight excluding hydrogens is 785 g/mol. The molecule has 14 heteroatoms. The zero-order chi connectivity index (χ0) is 43.4. The Kier molecular flexibility index (Phi) is 11.4. The monoisotopic (exact) mass is 844 g/mol. The number of rotatable bonds is 11. The van der Waals surface area contributed by atoms with Crippen molar-refractivity contribution in [2.24, 2.45) is 11.8 Å². The maximum absolute atomic E-state index is 13.8. The molecule has 4 N–H and O–H groups in total. The Morgan fingerprint density at radius 3 is 1.60 bits per heavy atom. The number of hydrogen-bond acceptors (Lipinski definition) is 8. The summed E-state index contributed by atoms with van der Waals surface area (Å²) < 4.78 is 9.65. The lowest BCUT2D eigenvalue weighted by Crippen LogP contribution is -2.51. The molecule has 2 saturated heterocycles. The molecule has 3 aliphatic carbocycles. The molecule has 2 aliphatic heterocycles. The van der Waals surface area contributed by atoms with Crippen LogP contribution in [0, 0.1) is 11.8 Å². The van der Waals surface area contributed by atoms with Crippen LogP contribution in [0.15, 0.2) is 36.7 Å². The number of benzene rings is 2. The number of fused-ring (bicyclic) bond motifs is 6. The van der Waals surface area contributed by atoms with Crippen LogP contribution in [0.3, 0.4) is 0 Å². The number of amides is 4. The number of hydrogen-bond donors (Lipinski definition) is 4. The van der Waals surface area contributed by atoms with Gasteiger partial charge in [-0.05, 0) is 121 Å². The number of aromatic nitrogens is 4. The topological polar surface area (TPSA) is 175 Å². The first-order chi connectivity index (χ1) is 30.0. The normalized spacial score (nSPS) is 22.3. The standard InChI is InChI=1S/C48H60N8O6/c1-25(2)41(53-47(59)61-5)45(57)55-20-8-12-37(55)43-49-23-35(51-43)32-17-16-31(29-10-7-11-30(29)32)33-18-19-34(40-28-15-14-27(22-28)39(33)40)36-24-50-44(52-36)38-13-9-21-56(38)46(58)42(26(3)4)54-48(60)62-6/h16-19,23-28,37-38,41-42H,7-15,20-22H2,1-6H3,(H,49,51)(H,50,52)(H,53,59)(H,54,60)/t27?,28?,37?,38-,41-,42-/m0/s1. The number of carbonyl (C=O) groups is 4. The summed E-state index contributed by atoms with van der Waals surface area (Å²) in [4.78, 5) is 72.7. The molecule has 0 radical (unpaired) electrons. The fourth-order valence-electron chi connectivity index (χ4n) is 11.4. The fourth-order valence-corrected chi connectivity index (χ4v) is 11.4. The first-order valence-electron chi connectivity index (χ1n) is 22.7. The molecule has 4 amide bonds. The van der Waals surface area contributed by atoms with E-state index in [9.17, 15) is 19.2 Å². The number of imidazole rings is 2. The van der Waals surface area contributed by atoms with Crippen molar-refractivity contribution in [3.05, 3.63) is 70.6 Å². The smallest absolute Gasteiger partial charge is 0.407 e. The number of nitrogens with zero attached hydrogens (tertiary/aromatic N) is 4. The van der Waals surface area contributed by atoms with Gasteiger partial charge in [0.25, 0.3) is 0 Å². The maximum atomic E-state index is 13.8. The minimum absolute atomic E-state index is 0.100. The van der Waals surface area contributed by atoms with E-state index in [1.165, 1.54) is 78.0 Å². The summed E-state index contributed by atoms with van der Waals surface area (Å²) in [6, 6.07) is 7.44. The van der Waals surface area contributed by atoms with Gasteiger partial charge in [0.2, 0.25) is 11.8 Å². The molecule has 3 fully saturated rings. The van der Waals surface area contributed by atoms with E-state index in [2.05, 4.69) is 44.9 Å². The molecule has 2 bridgehead atoms. The number of aromatic amines is 2. The second-order valence-electron chi connectivity index (χ2n) is 18.6. The van der Waals surface area contributed by atoms with Crippen molar-refractivity contribution < 1.29 is 28.7 Å². The Morgan fingerprint density at radius 1 is 0.629 bits per heavy atom. The van der Waals surface area contributed by atoms with Crippen LogP contribution in [0.4, 0.5) is 9.59 Å². The quantitative estimate of drug-likeness (QED) is 0.117. The number of alkyl carbamates (subject to hydrolysis) is 2. The number of likely N-dealkylation sites (tertiary alicyclic amines) is 2. The van der Waals surface area contributed by atoms with Crippen molar-refractivity contribution in [3.8, 4) is 33.6 Å². The van der Waals surface area contributed by atoms with Gasteiger partial charge in [-0.25, -0.2) is 19.6 Å². The van der Waals surface area contributed by atoms with Crippen molar-refractivity contribution in [3.63, 3.8) is 0 Å². The molecule has 3 unspecified atom stereocenters. The first-order valence-corrected chi connectivity index (χ1v) is 22.7. The average molecular weight is 845 g/mol. The van der Waals surface area contributed by atoms with Crippen LogP contribution in [0.25, 0.3) is 33.6 Å². The summed E-state index contributed by atoms with van der Waals surface area (Å²) in [5, 5.41) is 5.49. The van der Waals surface area contributed by atoms with Gasteiger partial charge in [0.15, 0.2) is 0 Å². The molecule has 6 atom stereocenters. The van der Waals surface area contributed by atoms with Crippen LogP contribution < -0.4 is 10.6 Å². The highest BCUT2D eigenvalue weighted by Crippen LogP contribution is 2.59. The van der Waals surface area contributed by atoms with Crippen LogP contribution in [-0.2, 0) is 31.9 Å². The Hall–Kier alpha value is -5.66. The Bertz CT molecular complexity index is 2380. The minimum Gasteiger partial charge on any atom is -0.453 e. The van der Waals surface area contributed by atoms with Crippen LogP contribution in [0.2, 0.25) is 0 Å². The number of carbonyl (C=O) groups excluding carboxylic acids is 4. The molecule has 2 aromatic heterocycles. The van der Waals surface area contributed by atoms with E-state index in [-0.39, 0.29) is 35.7 Å². The van der Waals surface area contributed by atoms with Gasteiger partial charge < -0.3 is 39.9 Å². The highest BCUT2D eigenvalue weighted by atomic mass is 16.5. The second-order valence-corrected chi connectivity index (χ2v) is 18.6. The summed E-state index contributed by atoms with van der Waals surface area (Å²) in [7, 11) is 2.62. The first kappa shape index (κ1) is 41.7. The molecule has 5 aliphatic rings. The van der Waals surface area contributed by atoms with Crippen molar-refractivity contribution in [2.45, 2.75) is 128 Å². The molecule has 9 rings (SSSR count). The van der Waals surface area contributed by atoms with Gasteiger partial charge in [0, 0.05) is 24.2 Å². The maximum Gasteiger partial charge on any atom is 0.407 e. The van der Waals surface area contributed by atoms with Crippen molar-refractivity contribution in [1.82, 2.24) is 40.4 Å². The van der Waals surface area contributed by atoms with E-state index < -0.39 is 24.3 Å². The Morgan fingerprint density at radius 2 is 1.08 bits per heavy atom. The van der Waals surface area contributed by atoms with Gasteiger partial charge in [-0.3, -0.25) is 9.59 Å². The summed E-state index contributed by atoms with van der Waals surface area (Å²) >= 11 is 0. The van der Waals surface area contributed by atoms with Crippen LogP contribution in [0.1, 0.15) is 137 Å². The van der Waals surface area contributed by atoms with Gasteiger partial charge >= 0.3 is 12.2 Å². The van der Waals surface area contributed by atoms with E-state index >= 15 is 0 Å². The van der Waals surface area contributed by atoms with Gasteiger partial charge in [-0.2, -0.15) is 0 Å². The summed E-state index contributed by atoms with van der Waals surface area (Å²) in [6.07, 6.45) is 12.6. The van der Waals surface area contributed by atoms with E-state index in [0.29, 0.717) is 24.9 Å². The average Bonchev–Trinajstić information content (AvgIpc) is 4.12. The van der Waals surface area contributed by atoms with Gasteiger partial charge in [0.05, 0.1) is 50.1 Å². The summed E-state index contributed by atoms with van der Waals surface area (Å²) in [5.41, 5.74) is 12.7. The van der Waals surface area contributed by atoms with Crippen molar-refractivity contribution in [1.29, 1.82) is 0 Å². The lowest BCUT2D eigenvalue weighted by molar-refractivity contribution is -0.136. The number of methoxy groups -OCH3 is 2. The molecule has 328 valence electrons. The third-order valence-corrected chi connectivity index (χ3v) is 14.4. The highest BCUT2D eigenvalue weighted by Gasteiger charge is 2.43. The molecule has 0 spiro atoms. The number of H-pyrrole nitrogens is 2. The molecular formula is C48H60N8O6. The van der Waals surface area contributed by atoms with Crippen LogP contribution in [0.5, 0.6) is 0 Å². The summed E-state index contributed by atoms with van der Waals surface area (Å²) in [5.74, 6) is 2.15. The lowest BCUT2D eigenvalue weighted by atomic mass is 9.81. The molecule has 14 nitrogen and oxygen atoms in total. The largest absolute Gasteiger partial charge is 0.453 e. The van der Waals surface area contributed by atoms with Crippen molar-refractivity contribution in [2.75, 3.05) is 27.3 Å². The van der Waals surface area contributed by atoms with Crippen LogP contribution in [-0.4, -0.2) is 93.1 Å². The minimum atomic E-state index is -0.682. The van der Waals surface area contributed by atoms with Gasteiger partial charge in [-0.1, -0.05) is 52.0 Å². The molecule has 4 heterocycles. The molecule has 1 saturated carbocycles. The predicted octanol–water partition coefficient (Wildman–Crippen LogP) is 8.08. The van der Waals surface area contributed by atoms with E-state index in [0.717, 1.165) is 68.0 Å². The van der Waals surface area contributed by atoms with E-state index in [4.69, 9.17) is 19.4 Å². The van der Waals surface area contributed by atoms with E-state index in [1.54, 1.807) is 0 Å². The third-order valence-electron chi connectivity index (χ3n) is 14.4. The van der Waals surface area contributed by atoms with Crippen LogP contribution >= 0.6 is 0 Å². The lowest BCUT2D eigenvalue weighted by Gasteiger charge is -2.30. The van der Waals surface area contributed by atoms with Gasteiger partial charge in [-0.15, -0.1) is 0 Å². The SMILES string of the molecule is COC(=O)N[C@H](C(=O)N1CCCC1c1ncc(-c2ccc(-c3ccc(-c4cnc([C@@H]5CCCN5C(=O)[C@@H](NC(=O)OC)C(C)C)[nH]4)c4c3C3CCC4C3)c3c2CCC3)[nH]1)C(C)C. The molecule has 2 aromatic carbocycles. The summed E-state index contributed by atoms with van der Waals surface area (Å²) in [6.45, 7) is 8.93. The second kappa shape index (κ2) is 16.9. The van der Waals surface area contributed by atoms with Gasteiger partial charge in [0.1, 0.15) is 23.7 Å². The Balaban J connectivity index is 0.992. The van der Waals surface area contributed by atoms with E-state index in [1.807, 2.05) is 49.9 Å². The molecule has 62 heavy (non-hydrogen) atoms. The number of nitrogens with one attached hydrogen (secondary N) is 4. The third kappa shape index (κ3) is 7.32. The zero-order valence-corrected chi connectivity index (χ0v) is 36.8. The number of ether oxygens (including phenoxy) is 2. The fraction of sp³-hybridized carbons (Fsp3) is 0.542. The molecule has 4 aromatic rings.